The molecule has 0 N–H and O–H groups in total. The van der Waals surface area contributed by atoms with Gasteiger partial charge in [-0.25, -0.2) is 0 Å². The third-order valence-electron chi connectivity index (χ3n) is 0. The van der Waals surface area contributed by atoms with Crippen LogP contribution in [-0.2, 0) is 0 Å². The summed E-state index contributed by atoms with van der Waals surface area (Å²) in [5, 5.41) is 0. The second-order valence-corrected chi connectivity index (χ2v) is 0. The summed E-state index contributed by atoms with van der Waals surface area (Å²) in [5.74, 6) is 0. The van der Waals surface area contributed by atoms with Crippen molar-refractivity contribution in [1.29, 1.82) is 0 Å². The first-order valence-corrected chi connectivity index (χ1v) is 0. The zero-order chi connectivity index (χ0) is 0. The molecule has 0 bridgehead atoms. The molecule has 0 aromatic heterocycles. The Balaban J connectivity index is 0. The van der Waals surface area contributed by atoms with Crippen molar-refractivity contribution in [2.24, 2.45) is 0 Å². The quantitative estimate of drug-likeness (QED) is 0.305. The van der Waals surface area contributed by atoms with E-state index in [1.807, 2.05) is 0 Å². The van der Waals surface area contributed by atoms with Gasteiger partial charge in [0.05, 0.1) is 0 Å². The minimum atomic E-state index is 0. The summed E-state index contributed by atoms with van der Waals surface area (Å²) < 4.78 is 0. The average molecular weight is 133 g/mol. The summed E-state index contributed by atoms with van der Waals surface area (Å²) in [4.78, 5) is 0. The first-order chi connectivity index (χ1) is 0. The molecule has 0 nitrogen and oxygen atoms in total. The number of hydrogen-bond acceptors (Lipinski definition) is 0. The molecule has 0 aliphatic rings. The third kappa shape index (κ3) is 8.82. The molecule has 0 aromatic carbocycles. The van der Waals surface area contributed by atoms with Gasteiger partial charge in [-0.05, 0) is 21.9 Å². The predicted octanol–water partition coefficient (Wildman–Crippen LogP) is -3.21. The molecule has 0 saturated carbocycles. The van der Waals surface area contributed by atoms with Crippen LogP contribution in [-0.4, -0.2) is 82.7 Å². The van der Waals surface area contributed by atoms with Gasteiger partial charge in [-0.2, -0.15) is 0 Å². The van der Waals surface area contributed by atoms with Crippen molar-refractivity contribution < 1.29 is 5.71 Å². The Morgan fingerprint density at radius 1 is 1.00 bits per heavy atom. The van der Waals surface area contributed by atoms with Crippen LogP contribution >= 0.6 is 0 Å². The topological polar surface area (TPSA) is 0 Å². The molecule has 0 aliphatic carbocycles. The Morgan fingerprint density at radius 2 is 1.00 bits per heavy atom. The first kappa shape index (κ1) is 31.8. The van der Waals surface area contributed by atoms with Crippen LogP contribution in [0, 0.1) is 0 Å². The van der Waals surface area contributed by atoms with Crippen molar-refractivity contribution in [3.8, 4) is 0 Å². The van der Waals surface area contributed by atoms with Gasteiger partial charge in [-0.15, -0.1) is 0 Å². The fraction of sp³-hybridized carbons (Fsp3) is 0. The molecule has 0 atom stereocenters. The van der Waals surface area contributed by atoms with Gasteiger partial charge >= 0.3 is 60.8 Å². The SMILES string of the molecule is [Ca+2].[H-].[H-].[H-].[H-].[Mg+2].[SiH4].[SiH4]. The van der Waals surface area contributed by atoms with Gasteiger partial charge in [0.25, 0.3) is 0 Å². The van der Waals surface area contributed by atoms with Crippen LogP contribution < -0.4 is 0 Å². The van der Waals surface area contributed by atoms with E-state index in [2.05, 4.69) is 0 Å². The maximum absolute atomic E-state index is 0. The van der Waals surface area contributed by atoms with E-state index in [0.717, 1.165) is 0 Å². The normalized spacial score (nSPS) is 0. The molecule has 4 heavy (non-hydrogen) atoms. The van der Waals surface area contributed by atoms with Crippen LogP contribution in [0.5, 0.6) is 0 Å². The van der Waals surface area contributed by atoms with Gasteiger partial charge in [0.15, 0.2) is 0 Å². The summed E-state index contributed by atoms with van der Waals surface area (Å²) in [6, 6.07) is 0. The average Bonchev–Trinajstić information content (AvgIpc) is 0. The molecule has 0 saturated heterocycles. The van der Waals surface area contributed by atoms with Crippen LogP contribution in [0.1, 0.15) is 5.71 Å². The largest absolute Gasteiger partial charge is 2.00 e. The molecule has 0 heterocycles. The molecule has 0 amide bonds. The van der Waals surface area contributed by atoms with Crippen molar-refractivity contribution in [2.45, 2.75) is 0 Å². The second kappa shape index (κ2) is 17.9. The van der Waals surface area contributed by atoms with Gasteiger partial charge in [-0.3, -0.25) is 0 Å². The van der Waals surface area contributed by atoms with Crippen LogP contribution in [0.3, 0.4) is 0 Å². The number of hydrogen-bond donors (Lipinski definition) is 0. The molecule has 0 rings (SSSR count). The molecule has 0 aromatic rings. The van der Waals surface area contributed by atoms with Crippen LogP contribution in [0.15, 0.2) is 0 Å². The molecule has 0 spiro atoms. The fourth-order valence-electron chi connectivity index (χ4n) is 0. The summed E-state index contributed by atoms with van der Waals surface area (Å²) in [5.41, 5.74) is 0. The van der Waals surface area contributed by atoms with Crippen molar-refractivity contribution in [1.82, 2.24) is 0 Å². The standard InChI is InChI=1S/Ca.Mg.2H4Si.4H/h;;2*1H4;;;;/q2*+2;;;4*-1. The molecule has 0 aliphatic heterocycles. The summed E-state index contributed by atoms with van der Waals surface area (Å²) in [6.45, 7) is 0. The molecule has 24 valence electrons. The third-order valence-corrected chi connectivity index (χ3v) is 0. The Hall–Kier alpha value is 2.46. The molecule has 0 unspecified atom stereocenters. The molecular weight excluding hydrogens is 121 g/mol. The minimum Gasteiger partial charge on any atom is -1.00 e. The van der Waals surface area contributed by atoms with Gasteiger partial charge < -0.3 is 5.71 Å². The van der Waals surface area contributed by atoms with Crippen molar-refractivity contribution in [2.75, 3.05) is 0 Å². The van der Waals surface area contributed by atoms with E-state index in [1.165, 1.54) is 0 Å². The zero-order valence-electron chi connectivity index (χ0n) is 5.41. The van der Waals surface area contributed by atoms with Gasteiger partial charge in [-0.1, -0.05) is 0 Å². The van der Waals surface area contributed by atoms with E-state index in [-0.39, 0.29) is 88.4 Å². The van der Waals surface area contributed by atoms with E-state index in [0.29, 0.717) is 0 Å². The van der Waals surface area contributed by atoms with Gasteiger partial charge in [0.1, 0.15) is 0 Å². The fourth-order valence-corrected chi connectivity index (χ4v) is 0. The Bertz CT molecular complexity index is 14.0. The van der Waals surface area contributed by atoms with E-state index in [4.69, 9.17) is 0 Å². The maximum Gasteiger partial charge on any atom is 2.00 e. The van der Waals surface area contributed by atoms with Crippen molar-refractivity contribution >= 4 is 82.7 Å². The van der Waals surface area contributed by atoms with E-state index < -0.39 is 0 Å². The van der Waals surface area contributed by atoms with Gasteiger partial charge in [0.2, 0.25) is 0 Å². The second-order valence-electron chi connectivity index (χ2n) is 0. The number of rotatable bonds is 0. The molecular formula is H12CaMgSi2. The molecule has 0 fully saturated rings. The molecule has 0 radical (unpaired) electrons. The first-order valence-electron chi connectivity index (χ1n) is 0. The maximum atomic E-state index is 0. The van der Waals surface area contributed by atoms with Crippen LogP contribution in [0.4, 0.5) is 0 Å². The summed E-state index contributed by atoms with van der Waals surface area (Å²) in [7, 11) is 0. The van der Waals surface area contributed by atoms with Crippen molar-refractivity contribution in [3.05, 3.63) is 0 Å². The Kier molecular flexibility index (Phi) is 143. The van der Waals surface area contributed by atoms with Crippen molar-refractivity contribution in [3.63, 3.8) is 0 Å². The zero-order valence-corrected chi connectivity index (χ0v) is 5.04. The predicted molar refractivity (Wildman–Crippen MR) is 38.6 cm³/mol. The summed E-state index contributed by atoms with van der Waals surface area (Å²) >= 11 is 0. The van der Waals surface area contributed by atoms with E-state index in [1.54, 1.807) is 0 Å². The molecule has 4 heteroatoms. The Labute approximate surface area is 87.2 Å². The monoisotopic (exact) mass is 132 g/mol. The van der Waals surface area contributed by atoms with Crippen LogP contribution in [0.2, 0.25) is 0 Å². The smallest absolute Gasteiger partial charge is 1.00 e. The van der Waals surface area contributed by atoms with Crippen LogP contribution in [0.25, 0.3) is 0 Å². The minimum absolute atomic E-state index is 0. The Morgan fingerprint density at radius 3 is 1.00 bits per heavy atom. The van der Waals surface area contributed by atoms with E-state index in [9.17, 15) is 0 Å². The summed E-state index contributed by atoms with van der Waals surface area (Å²) in [6.07, 6.45) is 0. The van der Waals surface area contributed by atoms with Gasteiger partial charge in [0, 0.05) is 0 Å². The van der Waals surface area contributed by atoms with E-state index >= 15 is 0 Å².